The zero-order valence-corrected chi connectivity index (χ0v) is 10.5. The minimum absolute atomic E-state index is 0.0374. The molecule has 0 spiro atoms. The van der Waals surface area contributed by atoms with Gasteiger partial charge >= 0.3 is 17.9 Å². The highest BCUT2D eigenvalue weighted by molar-refractivity contribution is 5.98. The van der Waals surface area contributed by atoms with Gasteiger partial charge in [0.15, 0.2) is 5.69 Å². The van der Waals surface area contributed by atoms with E-state index in [-0.39, 0.29) is 27.9 Å². The quantitative estimate of drug-likeness (QED) is 0.783. The van der Waals surface area contributed by atoms with E-state index in [9.17, 15) is 14.4 Å². The molecule has 1 aromatic carbocycles. The maximum atomic E-state index is 11.2. The largest absolute Gasteiger partial charge is 0.478 e. The molecule has 3 N–H and O–H groups in total. The van der Waals surface area contributed by atoms with E-state index in [1.54, 1.807) is 0 Å². The van der Waals surface area contributed by atoms with E-state index in [1.165, 1.54) is 24.3 Å². The number of carboxylic acids is 3. The number of aromatic carboxylic acids is 3. The van der Waals surface area contributed by atoms with E-state index >= 15 is 0 Å². The number of carbonyl (C=O) groups is 3. The van der Waals surface area contributed by atoms with Gasteiger partial charge in [0.2, 0.25) is 0 Å². The molecule has 0 fully saturated rings. The first-order chi connectivity index (χ1) is 9.90. The number of hydrogen-bond donors (Lipinski definition) is 3. The van der Waals surface area contributed by atoms with Crippen LogP contribution in [0.5, 0.6) is 0 Å². The van der Waals surface area contributed by atoms with Crippen LogP contribution in [0.15, 0.2) is 36.5 Å². The van der Waals surface area contributed by atoms with Crippen LogP contribution in [-0.4, -0.2) is 38.2 Å². The van der Waals surface area contributed by atoms with Crippen molar-refractivity contribution in [3.05, 3.63) is 53.3 Å². The summed E-state index contributed by atoms with van der Waals surface area (Å²) in [4.78, 5) is 36.7. The smallest absolute Gasteiger partial charge is 0.355 e. The van der Waals surface area contributed by atoms with Crippen molar-refractivity contribution >= 4 is 17.9 Å². The molecule has 0 radical (unpaired) electrons. The Labute approximate surface area is 118 Å². The molecule has 0 unspecified atom stereocenters. The Hall–Kier alpha value is -3.22. The van der Waals surface area contributed by atoms with Crippen LogP contribution in [-0.2, 0) is 0 Å². The zero-order chi connectivity index (χ0) is 15.6. The van der Waals surface area contributed by atoms with Crippen LogP contribution in [0.4, 0.5) is 0 Å². The van der Waals surface area contributed by atoms with E-state index in [0.717, 1.165) is 12.3 Å². The molecular weight excluding hydrogens is 278 g/mol. The van der Waals surface area contributed by atoms with Crippen molar-refractivity contribution in [1.82, 2.24) is 4.98 Å². The van der Waals surface area contributed by atoms with Crippen molar-refractivity contribution in [3.63, 3.8) is 0 Å². The summed E-state index contributed by atoms with van der Waals surface area (Å²) in [6.45, 7) is 0. The lowest BCUT2D eigenvalue weighted by atomic mass is 10.00. The van der Waals surface area contributed by atoms with Gasteiger partial charge in [0.05, 0.1) is 11.1 Å². The number of pyridine rings is 1. The van der Waals surface area contributed by atoms with Gasteiger partial charge in [-0.05, 0) is 23.8 Å². The Morgan fingerprint density at radius 3 is 2.10 bits per heavy atom. The summed E-state index contributed by atoms with van der Waals surface area (Å²) in [6.07, 6.45) is 0.941. The van der Waals surface area contributed by atoms with Crippen LogP contribution in [0.25, 0.3) is 11.1 Å². The van der Waals surface area contributed by atoms with E-state index < -0.39 is 17.9 Å². The van der Waals surface area contributed by atoms with E-state index in [0.29, 0.717) is 0 Å². The van der Waals surface area contributed by atoms with Crippen LogP contribution in [0.1, 0.15) is 31.2 Å². The molecule has 1 aromatic heterocycles. The van der Waals surface area contributed by atoms with Crippen LogP contribution in [0.2, 0.25) is 0 Å². The van der Waals surface area contributed by atoms with E-state index in [2.05, 4.69) is 4.98 Å². The van der Waals surface area contributed by atoms with Gasteiger partial charge < -0.3 is 15.3 Å². The Balaban J connectivity index is 2.68. The molecule has 21 heavy (non-hydrogen) atoms. The summed E-state index contributed by atoms with van der Waals surface area (Å²) in [5, 5.41) is 27.0. The third-order valence-electron chi connectivity index (χ3n) is 2.76. The minimum atomic E-state index is -1.33. The van der Waals surface area contributed by atoms with Crippen LogP contribution in [0.3, 0.4) is 0 Å². The highest BCUT2D eigenvalue weighted by atomic mass is 16.4. The molecule has 0 bridgehead atoms. The summed E-state index contributed by atoms with van der Waals surface area (Å²) >= 11 is 0. The molecular formula is C14H9NO6. The second-order valence-electron chi connectivity index (χ2n) is 4.12. The molecule has 0 saturated heterocycles. The molecule has 0 aliphatic carbocycles. The first-order valence-electron chi connectivity index (χ1n) is 5.70. The Morgan fingerprint density at radius 2 is 1.52 bits per heavy atom. The fourth-order valence-corrected chi connectivity index (χ4v) is 1.79. The van der Waals surface area contributed by atoms with Gasteiger partial charge in [-0.1, -0.05) is 12.1 Å². The average Bonchev–Trinajstić information content (AvgIpc) is 2.46. The standard InChI is InChI=1S/C14H9NO6/c16-12(17)8-3-1-2-7(4-8)10-5-9(13(18)19)6-15-11(10)14(20)21/h1-6H,(H,16,17)(H,18,19)(H,20,21). The third kappa shape index (κ3) is 2.86. The number of aromatic nitrogens is 1. The summed E-state index contributed by atoms with van der Waals surface area (Å²) in [5.41, 5.74) is -0.253. The van der Waals surface area contributed by atoms with Crippen LogP contribution >= 0.6 is 0 Å². The number of carboxylic acid groups (broad SMARTS) is 3. The van der Waals surface area contributed by atoms with Crippen LogP contribution in [0, 0.1) is 0 Å². The lowest BCUT2D eigenvalue weighted by Crippen LogP contribution is -2.07. The molecule has 0 aliphatic heterocycles. The fourth-order valence-electron chi connectivity index (χ4n) is 1.79. The Kier molecular flexibility index (Phi) is 3.66. The van der Waals surface area contributed by atoms with Crippen molar-refractivity contribution < 1.29 is 29.7 Å². The highest BCUT2D eigenvalue weighted by Crippen LogP contribution is 2.25. The predicted octanol–water partition coefficient (Wildman–Crippen LogP) is 1.84. The number of benzene rings is 1. The zero-order valence-electron chi connectivity index (χ0n) is 10.5. The molecule has 0 aliphatic rings. The Bertz CT molecular complexity index is 753. The highest BCUT2D eigenvalue weighted by Gasteiger charge is 2.17. The van der Waals surface area contributed by atoms with Gasteiger partial charge in [-0.3, -0.25) is 0 Å². The molecule has 0 saturated carbocycles. The lowest BCUT2D eigenvalue weighted by molar-refractivity contribution is 0.0676. The predicted molar refractivity (Wildman–Crippen MR) is 70.6 cm³/mol. The monoisotopic (exact) mass is 287 g/mol. The normalized spacial score (nSPS) is 10.1. The molecule has 2 rings (SSSR count). The fraction of sp³-hybridized carbons (Fsp3) is 0. The van der Waals surface area contributed by atoms with Gasteiger partial charge in [-0.2, -0.15) is 0 Å². The van der Waals surface area contributed by atoms with Crippen molar-refractivity contribution in [2.75, 3.05) is 0 Å². The number of hydrogen-bond acceptors (Lipinski definition) is 4. The molecule has 0 atom stereocenters. The summed E-state index contributed by atoms with van der Waals surface area (Å²) in [7, 11) is 0. The second-order valence-corrected chi connectivity index (χ2v) is 4.12. The summed E-state index contributed by atoms with van der Waals surface area (Å²) < 4.78 is 0. The summed E-state index contributed by atoms with van der Waals surface area (Å²) in [6, 6.07) is 6.69. The van der Waals surface area contributed by atoms with Gasteiger partial charge in [0, 0.05) is 11.8 Å². The van der Waals surface area contributed by atoms with E-state index in [4.69, 9.17) is 15.3 Å². The van der Waals surface area contributed by atoms with Crippen molar-refractivity contribution in [3.8, 4) is 11.1 Å². The number of rotatable bonds is 4. The van der Waals surface area contributed by atoms with Crippen molar-refractivity contribution in [2.24, 2.45) is 0 Å². The molecule has 2 aromatic rings. The lowest BCUT2D eigenvalue weighted by Gasteiger charge is -2.07. The molecule has 7 nitrogen and oxygen atoms in total. The molecule has 1 heterocycles. The maximum Gasteiger partial charge on any atom is 0.355 e. The van der Waals surface area contributed by atoms with Gasteiger partial charge in [0.1, 0.15) is 0 Å². The maximum absolute atomic E-state index is 11.2. The minimum Gasteiger partial charge on any atom is -0.478 e. The summed E-state index contributed by atoms with van der Waals surface area (Å²) in [5.74, 6) is -3.76. The SMILES string of the molecule is O=C(O)c1cccc(-c2cc(C(=O)O)cnc2C(=O)O)c1. The van der Waals surface area contributed by atoms with Crippen molar-refractivity contribution in [1.29, 1.82) is 0 Å². The van der Waals surface area contributed by atoms with Crippen LogP contribution < -0.4 is 0 Å². The molecule has 0 amide bonds. The van der Waals surface area contributed by atoms with E-state index in [1.807, 2.05) is 0 Å². The first-order valence-corrected chi connectivity index (χ1v) is 5.70. The number of nitrogens with zero attached hydrogens (tertiary/aromatic N) is 1. The van der Waals surface area contributed by atoms with Gasteiger partial charge in [-0.15, -0.1) is 0 Å². The first kappa shape index (κ1) is 14.2. The second kappa shape index (κ2) is 5.41. The topological polar surface area (TPSA) is 125 Å². The van der Waals surface area contributed by atoms with Crippen molar-refractivity contribution in [2.45, 2.75) is 0 Å². The molecule has 7 heteroatoms. The molecule has 106 valence electrons. The Morgan fingerprint density at radius 1 is 0.857 bits per heavy atom. The average molecular weight is 287 g/mol. The van der Waals surface area contributed by atoms with Gasteiger partial charge in [0.25, 0.3) is 0 Å². The van der Waals surface area contributed by atoms with Gasteiger partial charge in [-0.25, -0.2) is 19.4 Å². The third-order valence-corrected chi connectivity index (χ3v) is 2.76.